The first kappa shape index (κ1) is 18.2. The molecule has 3 aliphatic heterocycles. The first-order valence-electron chi connectivity index (χ1n) is 10.1. The molecular formula is C24H18F2N2O3. The molecule has 3 aliphatic rings. The molecule has 156 valence electrons. The van der Waals surface area contributed by atoms with Crippen molar-refractivity contribution in [1.29, 1.82) is 0 Å². The Labute approximate surface area is 177 Å². The van der Waals surface area contributed by atoms with Crippen LogP contribution in [-0.2, 0) is 0 Å². The molecule has 0 unspecified atom stereocenters. The van der Waals surface area contributed by atoms with Crippen molar-refractivity contribution < 1.29 is 23.0 Å². The Hall–Kier alpha value is -3.61. The van der Waals surface area contributed by atoms with Crippen LogP contribution in [0.4, 0.5) is 8.78 Å². The zero-order chi connectivity index (χ0) is 20.9. The van der Waals surface area contributed by atoms with Crippen molar-refractivity contribution in [2.75, 3.05) is 13.2 Å². The van der Waals surface area contributed by atoms with Gasteiger partial charge in [0.15, 0.2) is 23.1 Å². The number of hydrogen-bond donors (Lipinski definition) is 0. The number of hydrazone groups is 1. The summed E-state index contributed by atoms with van der Waals surface area (Å²) in [6, 6.07) is 17.3. The van der Waals surface area contributed by atoms with E-state index in [0.717, 1.165) is 34.4 Å². The second-order valence-corrected chi connectivity index (χ2v) is 7.69. The standard InChI is InChI=1S/C24H18F2N2O3/c25-17-7-5-15(11-18(17)26)24-28-20(16-3-1-2-4-21(16)31-24)13-19(27-28)14-6-8-22-23(12-14)30-10-9-29-22/h1-8,11-12,20,24H,9-10,13H2/t20-,24+/m1/s1. The highest BCUT2D eigenvalue weighted by atomic mass is 19.2. The van der Waals surface area contributed by atoms with Crippen LogP contribution >= 0.6 is 0 Å². The summed E-state index contributed by atoms with van der Waals surface area (Å²) in [6.07, 6.45) is -0.00933. The highest BCUT2D eigenvalue weighted by Crippen LogP contribution is 2.47. The molecule has 0 amide bonds. The van der Waals surface area contributed by atoms with E-state index in [-0.39, 0.29) is 6.04 Å². The lowest BCUT2D eigenvalue weighted by atomic mass is 9.95. The number of halogens is 2. The maximum Gasteiger partial charge on any atom is 0.213 e. The Balaban J connectivity index is 1.42. The highest BCUT2D eigenvalue weighted by Gasteiger charge is 2.41. The van der Waals surface area contributed by atoms with E-state index in [2.05, 4.69) is 0 Å². The molecule has 0 saturated carbocycles. The Bertz CT molecular complexity index is 1210. The van der Waals surface area contributed by atoms with Gasteiger partial charge in [-0.15, -0.1) is 0 Å². The predicted molar refractivity (Wildman–Crippen MR) is 109 cm³/mol. The number of benzene rings is 3. The van der Waals surface area contributed by atoms with Gasteiger partial charge in [-0.2, -0.15) is 5.10 Å². The van der Waals surface area contributed by atoms with E-state index in [1.807, 2.05) is 47.5 Å². The summed E-state index contributed by atoms with van der Waals surface area (Å²) in [6.45, 7) is 1.05. The summed E-state index contributed by atoms with van der Waals surface area (Å²) >= 11 is 0. The Morgan fingerprint density at radius 3 is 2.55 bits per heavy atom. The van der Waals surface area contributed by atoms with Crippen molar-refractivity contribution in [1.82, 2.24) is 5.01 Å². The molecule has 0 aliphatic carbocycles. The molecule has 0 aromatic heterocycles. The largest absolute Gasteiger partial charge is 0.486 e. The fourth-order valence-corrected chi connectivity index (χ4v) is 4.32. The summed E-state index contributed by atoms with van der Waals surface area (Å²) in [5, 5.41) is 6.68. The lowest BCUT2D eigenvalue weighted by Crippen LogP contribution is -2.33. The minimum Gasteiger partial charge on any atom is -0.486 e. The van der Waals surface area contributed by atoms with Crippen molar-refractivity contribution >= 4 is 5.71 Å². The monoisotopic (exact) mass is 420 g/mol. The number of hydrogen-bond acceptors (Lipinski definition) is 5. The quantitative estimate of drug-likeness (QED) is 0.587. The molecule has 3 aromatic rings. The van der Waals surface area contributed by atoms with Gasteiger partial charge in [-0.1, -0.05) is 24.3 Å². The molecule has 6 rings (SSSR count). The number of fused-ring (bicyclic) bond motifs is 4. The van der Waals surface area contributed by atoms with Crippen molar-refractivity contribution in [3.8, 4) is 17.2 Å². The van der Waals surface area contributed by atoms with Gasteiger partial charge in [0.25, 0.3) is 0 Å². The van der Waals surface area contributed by atoms with Crippen molar-refractivity contribution in [2.24, 2.45) is 5.10 Å². The predicted octanol–water partition coefficient (Wildman–Crippen LogP) is 4.98. The van der Waals surface area contributed by atoms with E-state index in [0.29, 0.717) is 30.9 Å². The van der Waals surface area contributed by atoms with Gasteiger partial charge < -0.3 is 14.2 Å². The number of nitrogens with zero attached hydrogens (tertiary/aromatic N) is 2. The van der Waals surface area contributed by atoms with E-state index < -0.39 is 17.9 Å². The Kier molecular flexibility index (Phi) is 4.09. The van der Waals surface area contributed by atoms with E-state index >= 15 is 0 Å². The summed E-state index contributed by atoms with van der Waals surface area (Å²) in [7, 11) is 0. The molecule has 5 nitrogen and oxygen atoms in total. The highest BCUT2D eigenvalue weighted by molar-refractivity contribution is 6.02. The van der Waals surface area contributed by atoms with Crippen LogP contribution < -0.4 is 14.2 Å². The average Bonchev–Trinajstić information content (AvgIpc) is 3.26. The van der Waals surface area contributed by atoms with Crippen LogP contribution in [-0.4, -0.2) is 23.9 Å². The molecule has 2 atom stereocenters. The molecule has 0 N–H and O–H groups in total. The van der Waals surface area contributed by atoms with Gasteiger partial charge in [0.05, 0.1) is 11.8 Å². The molecule has 0 bridgehead atoms. The van der Waals surface area contributed by atoms with Gasteiger partial charge in [0, 0.05) is 23.1 Å². The van der Waals surface area contributed by atoms with Crippen LogP contribution in [0.1, 0.15) is 35.4 Å². The fourth-order valence-electron chi connectivity index (χ4n) is 4.32. The molecule has 0 fully saturated rings. The maximum absolute atomic E-state index is 14.0. The molecule has 31 heavy (non-hydrogen) atoms. The van der Waals surface area contributed by atoms with Gasteiger partial charge >= 0.3 is 0 Å². The van der Waals surface area contributed by atoms with E-state index in [1.165, 1.54) is 12.1 Å². The third-order valence-electron chi connectivity index (χ3n) is 5.80. The van der Waals surface area contributed by atoms with Crippen LogP contribution in [0.2, 0.25) is 0 Å². The summed E-state index contributed by atoms with van der Waals surface area (Å²) in [5.74, 6) is 0.340. The molecular weight excluding hydrogens is 402 g/mol. The van der Waals surface area contributed by atoms with E-state index in [1.54, 1.807) is 0 Å². The minimum absolute atomic E-state index is 0.0775. The van der Waals surface area contributed by atoms with Crippen LogP contribution in [0, 0.1) is 11.6 Å². The molecule has 0 radical (unpaired) electrons. The van der Waals surface area contributed by atoms with Crippen LogP contribution in [0.3, 0.4) is 0 Å². The van der Waals surface area contributed by atoms with E-state index in [9.17, 15) is 8.78 Å². The summed E-state index contributed by atoms with van der Waals surface area (Å²) in [5.41, 5.74) is 3.32. The first-order chi connectivity index (χ1) is 15.2. The van der Waals surface area contributed by atoms with Gasteiger partial charge in [0.1, 0.15) is 19.0 Å². The SMILES string of the molecule is Fc1ccc([C@@H]2Oc3ccccc3[C@H]3CC(c4ccc5c(c4)OCCO5)=NN32)cc1F. The second-order valence-electron chi connectivity index (χ2n) is 7.69. The topological polar surface area (TPSA) is 43.3 Å². The van der Waals surface area contributed by atoms with Crippen LogP contribution in [0.25, 0.3) is 0 Å². The van der Waals surface area contributed by atoms with Crippen molar-refractivity contribution in [3.63, 3.8) is 0 Å². The zero-order valence-corrected chi connectivity index (χ0v) is 16.4. The number of para-hydroxylation sites is 1. The van der Waals surface area contributed by atoms with Crippen molar-refractivity contribution in [3.05, 3.63) is 89.0 Å². The number of ether oxygens (including phenoxy) is 3. The first-order valence-corrected chi connectivity index (χ1v) is 10.1. The summed E-state index contributed by atoms with van der Waals surface area (Å²) in [4.78, 5) is 0. The maximum atomic E-state index is 14.0. The van der Waals surface area contributed by atoms with Gasteiger partial charge in [-0.25, -0.2) is 13.8 Å². The minimum atomic E-state index is -0.910. The molecule has 7 heteroatoms. The third kappa shape index (κ3) is 3.00. The fraction of sp³-hybridized carbons (Fsp3) is 0.208. The lowest BCUT2D eigenvalue weighted by Gasteiger charge is -2.38. The lowest BCUT2D eigenvalue weighted by molar-refractivity contribution is -0.0192. The zero-order valence-electron chi connectivity index (χ0n) is 16.4. The van der Waals surface area contributed by atoms with Gasteiger partial charge in [0.2, 0.25) is 6.23 Å². The Morgan fingerprint density at radius 2 is 1.68 bits per heavy atom. The van der Waals surface area contributed by atoms with Crippen LogP contribution in [0.15, 0.2) is 65.8 Å². The summed E-state index contributed by atoms with van der Waals surface area (Å²) < 4.78 is 45.0. The average molecular weight is 420 g/mol. The van der Waals surface area contributed by atoms with Crippen molar-refractivity contribution in [2.45, 2.75) is 18.7 Å². The Morgan fingerprint density at radius 1 is 0.839 bits per heavy atom. The number of rotatable bonds is 2. The normalized spacial score (nSPS) is 21.1. The molecule has 3 heterocycles. The van der Waals surface area contributed by atoms with E-state index in [4.69, 9.17) is 19.3 Å². The molecule has 3 aromatic carbocycles. The van der Waals surface area contributed by atoms with Crippen LogP contribution in [0.5, 0.6) is 17.2 Å². The third-order valence-corrected chi connectivity index (χ3v) is 5.80. The van der Waals surface area contributed by atoms with Gasteiger partial charge in [-0.3, -0.25) is 0 Å². The smallest absolute Gasteiger partial charge is 0.213 e. The molecule has 0 spiro atoms. The second kappa shape index (κ2) is 6.97. The molecule has 0 saturated heterocycles. The van der Waals surface area contributed by atoms with Gasteiger partial charge in [-0.05, 0) is 36.4 Å².